The molecule has 5 nitrogen and oxygen atoms in total. The van der Waals surface area contributed by atoms with Crippen molar-refractivity contribution in [3.05, 3.63) is 41.2 Å². The molecule has 0 bridgehead atoms. The van der Waals surface area contributed by atoms with Gasteiger partial charge in [-0.3, -0.25) is 0 Å². The maximum absolute atomic E-state index is 13.1. The first kappa shape index (κ1) is 16.4. The molecule has 1 aromatic heterocycles. The average Bonchev–Trinajstić information content (AvgIpc) is 3.01. The highest BCUT2D eigenvalue weighted by molar-refractivity contribution is 7.89. The van der Waals surface area contributed by atoms with Crippen LogP contribution in [0.25, 0.3) is 0 Å². The molecule has 0 atom stereocenters. The average molecular weight is 355 g/mol. The summed E-state index contributed by atoms with van der Waals surface area (Å²) in [5, 5.41) is 2.90. The van der Waals surface area contributed by atoms with E-state index >= 15 is 0 Å². The van der Waals surface area contributed by atoms with E-state index in [0.717, 1.165) is 31.1 Å². The Morgan fingerprint density at radius 3 is 2.70 bits per heavy atom. The topological polar surface area (TPSA) is 62.3 Å². The minimum absolute atomic E-state index is 0.110. The fourth-order valence-electron chi connectivity index (χ4n) is 2.76. The van der Waals surface area contributed by atoms with Crippen molar-refractivity contribution in [1.82, 2.24) is 9.71 Å². The Hall–Kier alpha value is -1.51. The second kappa shape index (κ2) is 6.54. The minimum Gasteiger partial charge on any atom is -0.348 e. The van der Waals surface area contributed by atoms with Crippen LogP contribution < -0.4 is 9.62 Å². The van der Waals surface area contributed by atoms with Crippen LogP contribution in [-0.4, -0.2) is 32.5 Å². The summed E-state index contributed by atoms with van der Waals surface area (Å²) >= 11 is 1.58. The first-order chi connectivity index (χ1) is 11.0. The Morgan fingerprint density at radius 2 is 2.09 bits per heavy atom. The van der Waals surface area contributed by atoms with Gasteiger partial charge in [0.2, 0.25) is 10.0 Å². The van der Waals surface area contributed by atoms with E-state index in [2.05, 4.69) is 14.6 Å². The number of hydrogen-bond acceptors (Lipinski definition) is 5. The van der Waals surface area contributed by atoms with Crippen LogP contribution in [0.4, 0.5) is 9.52 Å². The zero-order chi connectivity index (χ0) is 16.4. The number of nitrogens with one attached hydrogen (secondary N) is 1. The van der Waals surface area contributed by atoms with Gasteiger partial charge in [0.05, 0.1) is 4.90 Å². The Balaban J connectivity index is 1.65. The van der Waals surface area contributed by atoms with Crippen molar-refractivity contribution >= 4 is 26.5 Å². The summed E-state index contributed by atoms with van der Waals surface area (Å²) in [6, 6.07) is 3.62. The Kier molecular flexibility index (Phi) is 4.65. The lowest BCUT2D eigenvalue weighted by Gasteiger charge is -2.32. The maximum Gasteiger partial charge on any atom is 0.241 e. The van der Waals surface area contributed by atoms with Crippen LogP contribution in [0.5, 0.6) is 0 Å². The highest BCUT2D eigenvalue weighted by Crippen LogP contribution is 2.23. The van der Waals surface area contributed by atoms with Crippen LogP contribution in [0, 0.1) is 12.7 Å². The standard InChI is InChI=1S/C15H18FN3O2S2/c1-11-10-12(16)2-3-14(11)23(20,21)18-13-4-7-19(8-5-13)15-17-6-9-22-15/h2-3,6,9-10,13,18H,4-5,7-8H2,1H3. The molecule has 1 aromatic carbocycles. The van der Waals surface area contributed by atoms with Crippen molar-refractivity contribution in [1.29, 1.82) is 0 Å². The van der Waals surface area contributed by atoms with E-state index in [1.54, 1.807) is 24.5 Å². The predicted molar refractivity (Wildman–Crippen MR) is 88.8 cm³/mol. The zero-order valence-corrected chi connectivity index (χ0v) is 14.3. The molecule has 0 unspecified atom stereocenters. The molecule has 2 aromatic rings. The first-order valence-electron chi connectivity index (χ1n) is 7.38. The van der Waals surface area contributed by atoms with Gasteiger partial charge in [0.15, 0.2) is 5.13 Å². The van der Waals surface area contributed by atoms with Gasteiger partial charge in [-0.15, -0.1) is 11.3 Å². The molecule has 0 aliphatic carbocycles. The number of thiazole rings is 1. The molecule has 23 heavy (non-hydrogen) atoms. The van der Waals surface area contributed by atoms with E-state index in [9.17, 15) is 12.8 Å². The van der Waals surface area contributed by atoms with Gasteiger partial charge in [-0.2, -0.15) is 0 Å². The lowest BCUT2D eigenvalue weighted by Crippen LogP contribution is -2.44. The molecule has 1 aliphatic rings. The highest BCUT2D eigenvalue weighted by atomic mass is 32.2. The van der Waals surface area contributed by atoms with Gasteiger partial charge in [0.1, 0.15) is 5.82 Å². The summed E-state index contributed by atoms with van der Waals surface area (Å²) in [6.07, 6.45) is 3.21. The van der Waals surface area contributed by atoms with Crippen molar-refractivity contribution in [2.24, 2.45) is 0 Å². The van der Waals surface area contributed by atoms with E-state index in [1.807, 2.05) is 5.38 Å². The number of benzene rings is 1. The van der Waals surface area contributed by atoms with Crippen LogP contribution in [0.2, 0.25) is 0 Å². The highest BCUT2D eigenvalue weighted by Gasteiger charge is 2.26. The van der Waals surface area contributed by atoms with Gasteiger partial charge < -0.3 is 4.90 Å². The summed E-state index contributed by atoms with van der Waals surface area (Å²) in [5.74, 6) is -0.432. The van der Waals surface area contributed by atoms with E-state index in [0.29, 0.717) is 5.56 Å². The van der Waals surface area contributed by atoms with Gasteiger partial charge in [0.25, 0.3) is 0 Å². The Morgan fingerprint density at radius 1 is 1.35 bits per heavy atom. The second-order valence-electron chi connectivity index (χ2n) is 5.61. The lowest BCUT2D eigenvalue weighted by molar-refractivity contribution is 0.459. The molecule has 0 saturated carbocycles. The largest absolute Gasteiger partial charge is 0.348 e. The Labute approximate surface area is 139 Å². The van der Waals surface area contributed by atoms with Crippen molar-refractivity contribution in [3.63, 3.8) is 0 Å². The van der Waals surface area contributed by atoms with Crippen molar-refractivity contribution in [2.45, 2.75) is 30.7 Å². The van der Waals surface area contributed by atoms with E-state index in [4.69, 9.17) is 0 Å². The number of rotatable bonds is 4. The summed E-state index contributed by atoms with van der Waals surface area (Å²) in [5.41, 5.74) is 0.415. The van der Waals surface area contributed by atoms with Gasteiger partial charge in [-0.05, 0) is 43.5 Å². The number of aromatic nitrogens is 1. The van der Waals surface area contributed by atoms with Crippen LogP contribution in [0.15, 0.2) is 34.7 Å². The fraction of sp³-hybridized carbons (Fsp3) is 0.400. The summed E-state index contributed by atoms with van der Waals surface area (Å²) in [7, 11) is -3.63. The third kappa shape index (κ3) is 3.70. The monoisotopic (exact) mass is 355 g/mol. The number of aryl methyl sites for hydroxylation is 1. The van der Waals surface area contributed by atoms with Crippen LogP contribution >= 0.6 is 11.3 Å². The molecular weight excluding hydrogens is 337 g/mol. The number of anilines is 1. The SMILES string of the molecule is Cc1cc(F)ccc1S(=O)(=O)NC1CCN(c2nccs2)CC1. The van der Waals surface area contributed by atoms with Crippen LogP contribution in [0.1, 0.15) is 18.4 Å². The molecule has 2 heterocycles. The molecule has 0 radical (unpaired) electrons. The molecule has 1 aliphatic heterocycles. The van der Waals surface area contributed by atoms with Gasteiger partial charge in [-0.1, -0.05) is 0 Å². The third-order valence-electron chi connectivity index (χ3n) is 3.93. The number of hydrogen-bond donors (Lipinski definition) is 1. The zero-order valence-electron chi connectivity index (χ0n) is 12.7. The number of halogens is 1. The minimum atomic E-state index is -3.63. The van der Waals surface area contributed by atoms with Crippen molar-refractivity contribution < 1.29 is 12.8 Å². The number of nitrogens with zero attached hydrogens (tertiary/aromatic N) is 2. The van der Waals surface area contributed by atoms with Crippen molar-refractivity contribution in [3.8, 4) is 0 Å². The molecule has 1 fully saturated rings. The summed E-state index contributed by atoms with van der Waals surface area (Å²) in [6.45, 7) is 3.13. The fourth-order valence-corrected chi connectivity index (χ4v) is 4.99. The summed E-state index contributed by atoms with van der Waals surface area (Å²) < 4.78 is 40.9. The second-order valence-corrected chi connectivity index (χ2v) is 8.16. The predicted octanol–water partition coefficient (Wildman–Crippen LogP) is 2.54. The van der Waals surface area contributed by atoms with Gasteiger partial charge in [0, 0.05) is 30.7 Å². The molecule has 1 saturated heterocycles. The van der Waals surface area contributed by atoms with E-state index in [-0.39, 0.29) is 10.9 Å². The van der Waals surface area contributed by atoms with Gasteiger partial charge >= 0.3 is 0 Å². The molecule has 0 spiro atoms. The Bertz CT molecular complexity index is 770. The molecule has 124 valence electrons. The smallest absolute Gasteiger partial charge is 0.241 e. The molecule has 1 N–H and O–H groups in total. The van der Waals surface area contributed by atoms with E-state index in [1.165, 1.54) is 18.2 Å². The first-order valence-corrected chi connectivity index (χ1v) is 9.75. The number of piperidine rings is 1. The van der Waals surface area contributed by atoms with E-state index < -0.39 is 15.8 Å². The van der Waals surface area contributed by atoms with Crippen LogP contribution in [-0.2, 0) is 10.0 Å². The van der Waals surface area contributed by atoms with Gasteiger partial charge in [-0.25, -0.2) is 22.5 Å². The molecular formula is C15H18FN3O2S2. The third-order valence-corrected chi connectivity index (χ3v) is 6.45. The molecule has 3 rings (SSSR count). The maximum atomic E-state index is 13.1. The van der Waals surface area contributed by atoms with Crippen molar-refractivity contribution in [2.75, 3.05) is 18.0 Å². The summed E-state index contributed by atoms with van der Waals surface area (Å²) in [4.78, 5) is 6.58. The lowest BCUT2D eigenvalue weighted by atomic mass is 10.1. The van der Waals surface area contributed by atoms with Crippen LogP contribution in [0.3, 0.4) is 0 Å². The quantitative estimate of drug-likeness (QED) is 0.915. The molecule has 0 amide bonds. The molecule has 8 heteroatoms. The normalized spacial score (nSPS) is 16.7. The number of sulfonamides is 1.